The normalized spacial score (nSPS) is 19.5. The van der Waals surface area contributed by atoms with Crippen LogP contribution in [0.25, 0.3) is 0 Å². The fourth-order valence-corrected chi connectivity index (χ4v) is 2.52. The maximum Gasteiger partial charge on any atom is 0.410 e. The van der Waals surface area contributed by atoms with Crippen LogP contribution in [0.3, 0.4) is 0 Å². The van der Waals surface area contributed by atoms with Crippen molar-refractivity contribution in [2.75, 3.05) is 13.1 Å². The summed E-state index contributed by atoms with van der Waals surface area (Å²) in [5, 5.41) is 0. The number of likely N-dealkylation sites (tertiary alicyclic amines) is 1. The molecule has 0 aromatic rings. The van der Waals surface area contributed by atoms with E-state index in [0.717, 1.165) is 13.1 Å². The molecule has 100 valence electrons. The minimum Gasteiger partial charge on any atom is -0.444 e. The van der Waals surface area contributed by atoms with Gasteiger partial charge in [0.1, 0.15) is 5.60 Å². The SMILES string of the molecule is CC(C)C1(C(C)C)CN(C(=O)OC(C)(C)C)C1. The van der Waals surface area contributed by atoms with Crippen molar-refractivity contribution in [1.82, 2.24) is 4.90 Å². The monoisotopic (exact) mass is 241 g/mol. The number of ether oxygens (including phenoxy) is 1. The van der Waals surface area contributed by atoms with Gasteiger partial charge in [-0.05, 0) is 32.6 Å². The highest BCUT2D eigenvalue weighted by Crippen LogP contribution is 2.44. The first-order valence-electron chi connectivity index (χ1n) is 6.56. The lowest BCUT2D eigenvalue weighted by atomic mass is 9.64. The van der Waals surface area contributed by atoms with Crippen LogP contribution in [0.4, 0.5) is 4.79 Å². The summed E-state index contributed by atoms with van der Waals surface area (Å²) in [4.78, 5) is 13.7. The molecule has 1 aliphatic rings. The fraction of sp³-hybridized carbons (Fsp3) is 0.929. The van der Waals surface area contributed by atoms with Gasteiger partial charge in [0.25, 0.3) is 0 Å². The number of hydrogen-bond acceptors (Lipinski definition) is 2. The van der Waals surface area contributed by atoms with Gasteiger partial charge in [-0.3, -0.25) is 0 Å². The Morgan fingerprint density at radius 1 is 1.12 bits per heavy atom. The Morgan fingerprint density at radius 3 is 1.82 bits per heavy atom. The van der Waals surface area contributed by atoms with Crippen molar-refractivity contribution >= 4 is 6.09 Å². The van der Waals surface area contributed by atoms with E-state index in [9.17, 15) is 4.79 Å². The first kappa shape index (κ1) is 14.3. The van der Waals surface area contributed by atoms with E-state index >= 15 is 0 Å². The molecule has 0 atom stereocenters. The molecule has 1 rings (SSSR count). The zero-order valence-corrected chi connectivity index (χ0v) is 12.3. The standard InChI is InChI=1S/C14H27NO2/c1-10(2)14(11(3)4)8-15(9-14)12(16)17-13(5,6)7/h10-11H,8-9H2,1-7H3. The van der Waals surface area contributed by atoms with E-state index < -0.39 is 5.60 Å². The molecule has 17 heavy (non-hydrogen) atoms. The molecule has 0 radical (unpaired) electrons. The van der Waals surface area contributed by atoms with E-state index in [4.69, 9.17) is 4.74 Å². The Morgan fingerprint density at radius 2 is 1.53 bits per heavy atom. The smallest absolute Gasteiger partial charge is 0.410 e. The number of nitrogens with zero attached hydrogens (tertiary/aromatic N) is 1. The molecule has 0 unspecified atom stereocenters. The van der Waals surface area contributed by atoms with Crippen molar-refractivity contribution in [2.24, 2.45) is 17.3 Å². The van der Waals surface area contributed by atoms with E-state index in [0.29, 0.717) is 11.8 Å². The van der Waals surface area contributed by atoms with Crippen LogP contribution in [0.2, 0.25) is 0 Å². The van der Waals surface area contributed by atoms with Gasteiger partial charge in [0, 0.05) is 18.5 Å². The predicted octanol–water partition coefficient (Wildman–Crippen LogP) is 3.54. The van der Waals surface area contributed by atoms with Gasteiger partial charge in [-0.15, -0.1) is 0 Å². The molecule has 3 heteroatoms. The van der Waals surface area contributed by atoms with Gasteiger partial charge in [0.2, 0.25) is 0 Å². The van der Waals surface area contributed by atoms with Crippen molar-refractivity contribution in [2.45, 2.75) is 54.1 Å². The molecule has 0 saturated carbocycles. The Hall–Kier alpha value is -0.730. The first-order valence-corrected chi connectivity index (χ1v) is 6.56. The van der Waals surface area contributed by atoms with E-state index in [1.807, 2.05) is 25.7 Å². The second-order valence-corrected chi connectivity index (χ2v) is 6.88. The van der Waals surface area contributed by atoms with Crippen LogP contribution >= 0.6 is 0 Å². The van der Waals surface area contributed by atoms with E-state index in [1.54, 1.807) is 0 Å². The van der Waals surface area contributed by atoms with Crippen molar-refractivity contribution in [3.05, 3.63) is 0 Å². The van der Waals surface area contributed by atoms with Crippen LogP contribution in [0.15, 0.2) is 0 Å². The van der Waals surface area contributed by atoms with Gasteiger partial charge in [0.15, 0.2) is 0 Å². The number of carbonyl (C=O) groups is 1. The summed E-state index contributed by atoms with van der Waals surface area (Å²) < 4.78 is 5.38. The number of carbonyl (C=O) groups excluding carboxylic acids is 1. The third-order valence-electron chi connectivity index (χ3n) is 3.92. The molecule has 0 spiro atoms. The van der Waals surface area contributed by atoms with Crippen molar-refractivity contribution in [3.8, 4) is 0 Å². The maximum absolute atomic E-state index is 11.9. The molecule has 0 bridgehead atoms. The van der Waals surface area contributed by atoms with Gasteiger partial charge < -0.3 is 9.64 Å². The van der Waals surface area contributed by atoms with Gasteiger partial charge in [-0.2, -0.15) is 0 Å². The number of hydrogen-bond donors (Lipinski definition) is 0. The quantitative estimate of drug-likeness (QED) is 0.740. The van der Waals surface area contributed by atoms with Gasteiger partial charge in [-0.1, -0.05) is 27.7 Å². The lowest BCUT2D eigenvalue weighted by molar-refractivity contribution is -0.0773. The molecule has 0 aliphatic carbocycles. The second kappa shape index (κ2) is 4.51. The molecule has 0 aromatic heterocycles. The van der Waals surface area contributed by atoms with E-state index in [-0.39, 0.29) is 11.5 Å². The molecule has 0 N–H and O–H groups in total. The summed E-state index contributed by atoms with van der Waals surface area (Å²) in [5.74, 6) is 1.20. The second-order valence-electron chi connectivity index (χ2n) is 6.88. The average molecular weight is 241 g/mol. The van der Waals surface area contributed by atoms with Gasteiger partial charge in [0.05, 0.1) is 0 Å². The fourth-order valence-electron chi connectivity index (χ4n) is 2.52. The van der Waals surface area contributed by atoms with Crippen LogP contribution in [0.5, 0.6) is 0 Å². The maximum atomic E-state index is 11.9. The molecule has 0 aromatic carbocycles. The minimum atomic E-state index is -0.398. The molecule has 1 fully saturated rings. The molecule has 1 aliphatic heterocycles. The molecule has 1 saturated heterocycles. The molecule has 3 nitrogen and oxygen atoms in total. The van der Waals surface area contributed by atoms with Crippen molar-refractivity contribution in [1.29, 1.82) is 0 Å². The van der Waals surface area contributed by atoms with Crippen LogP contribution in [0.1, 0.15) is 48.5 Å². The summed E-state index contributed by atoms with van der Waals surface area (Å²) in [6.07, 6.45) is -0.172. The highest BCUT2D eigenvalue weighted by Gasteiger charge is 2.50. The zero-order valence-electron chi connectivity index (χ0n) is 12.3. The Bertz CT molecular complexity index is 273. The lowest BCUT2D eigenvalue weighted by Gasteiger charge is -2.55. The minimum absolute atomic E-state index is 0.172. The highest BCUT2D eigenvalue weighted by atomic mass is 16.6. The number of rotatable bonds is 2. The summed E-state index contributed by atoms with van der Waals surface area (Å²) in [6, 6.07) is 0. The van der Waals surface area contributed by atoms with Gasteiger partial charge >= 0.3 is 6.09 Å². The summed E-state index contributed by atoms with van der Waals surface area (Å²) in [6.45, 7) is 16.3. The summed E-state index contributed by atoms with van der Waals surface area (Å²) >= 11 is 0. The third-order valence-corrected chi connectivity index (χ3v) is 3.92. The molecular weight excluding hydrogens is 214 g/mol. The van der Waals surface area contributed by atoms with Crippen molar-refractivity contribution in [3.63, 3.8) is 0 Å². The average Bonchev–Trinajstić information content (AvgIpc) is 1.95. The topological polar surface area (TPSA) is 29.5 Å². The van der Waals surface area contributed by atoms with Crippen LogP contribution in [-0.2, 0) is 4.74 Å². The summed E-state index contributed by atoms with van der Waals surface area (Å²) in [5.41, 5.74) is -0.123. The van der Waals surface area contributed by atoms with Crippen molar-refractivity contribution < 1.29 is 9.53 Å². The van der Waals surface area contributed by atoms with E-state index in [2.05, 4.69) is 27.7 Å². The number of amides is 1. The Balaban J connectivity index is 2.58. The van der Waals surface area contributed by atoms with Crippen LogP contribution in [0, 0.1) is 17.3 Å². The largest absolute Gasteiger partial charge is 0.444 e. The summed E-state index contributed by atoms with van der Waals surface area (Å²) in [7, 11) is 0. The predicted molar refractivity (Wildman–Crippen MR) is 69.9 cm³/mol. The Labute approximate surface area is 106 Å². The van der Waals surface area contributed by atoms with Crippen LogP contribution in [-0.4, -0.2) is 29.7 Å². The van der Waals surface area contributed by atoms with E-state index in [1.165, 1.54) is 0 Å². The third kappa shape index (κ3) is 2.93. The lowest BCUT2D eigenvalue weighted by Crippen LogP contribution is -2.63. The van der Waals surface area contributed by atoms with Gasteiger partial charge in [-0.25, -0.2) is 4.79 Å². The first-order chi connectivity index (χ1) is 7.58. The molecule has 1 heterocycles. The molecular formula is C14H27NO2. The zero-order chi connectivity index (χ0) is 13.4. The Kier molecular flexibility index (Phi) is 3.80. The van der Waals surface area contributed by atoms with Crippen LogP contribution < -0.4 is 0 Å². The highest BCUT2D eigenvalue weighted by molar-refractivity contribution is 5.69. The molecule has 1 amide bonds.